The molecule has 1 saturated carbocycles. The fourth-order valence-electron chi connectivity index (χ4n) is 2.63. The van der Waals surface area contributed by atoms with Crippen molar-refractivity contribution in [2.24, 2.45) is 5.41 Å². The van der Waals surface area contributed by atoms with Gasteiger partial charge in [-0.2, -0.15) is 0 Å². The van der Waals surface area contributed by atoms with Gasteiger partial charge in [0.2, 0.25) is 0 Å². The Morgan fingerprint density at radius 2 is 2.14 bits per heavy atom. The Labute approximate surface area is 123 Å². The third-order valence-corrected chi connectivity index (χ3v) is 4.00. The SMILES string of the molecule is O=C(O)CC1(CNC(=O)NCCCn2ccnc2)CCC1. The third kappa shape index (κ3) is 4.77. The molecule has 0 atom stereocenters. The van der Waals surface area contributed by atoms with Gasteiger partial charge in [0, 0.05) is 32.0 Å². The highest BCUT2D eigenvalue weighted by Gasteiger charge is 2.39. The molecular formula is C14H22N4O3. The number of aromatic nitrogens is 2. The third-order valence-electron chi connectivity index (χ3n) is 4.00. The van der Waals surface area contributed by atoms with Crippen LogP contribution in [-0.4, -0.2) is 39.7 Å². The predicted molar refractivity (Wildman–Crippen MR) is 76.8 cm³/mol. The van der Waals surface area contributed by atoms with Gasteiger partial charge >= 0.3 is 12.0 Å². The number of nitrogens with zero attached hydrogens (tertiary/aromatic N) is 2. The largest absolute Gasteiger partial charge is 0.481 e. The molecule has 1 aromatic heterocycles. The maximum Gasteiger partial charge on any atom is 0.314 e. The zero-order valence-electron chi connectivity index (χ0n) is 12.0. The van der Waals surface area contributed by atoms with Crippen LogP contribution in [0.25, 0.3) is 0 Å². The quantitative estimate of drug-likeness (QED) is 0.628. The first-order chi connectivity index (χ1) is 10.1. The number of carbonyl (C=O) groups excluding carboxylic acids is 1. The molecule has 3 N–H and O–H groups in total. The van der Waals surface area contributed by atoms with E-state index in [2.05, 4.69) is 15.6 Å². The minimum atomic E-state index is -0.794. The lowest BCUT2D eigenvalue weighted by Gasteiger charge is -2.40. The van der Waals surface area contributed by atoms with Crippen molar-refractivity contribution in [3.8, 4) is 0 Å². The van der Waals surface area contributed by atoms with Crippen LogP contribution in [0.5, 0.6) is 0 Å². The van der Waals surface area contributed by atoms with Crippen molar-refractivity contribution < 1.29 is 14.7 Å². The second kappa shape index (κ2) is 7.10. The van der Waals surface area contributed by atoms with E-state index in [1.54, 1.807) is 12.5 Å². The number of carboxylic acids is 1. The van der Waals surface area contributed by atoms with E-state index < -0.39 is 5.97 Å². The summed E-state index contributed by atoms with van der Waals surface area (Å²) in [7, 11) is 0. The molecule has 1 heterocycles. The fraction of sp³-hybridized carbons (Fsp3) is 0.643. The number of rotatable bonds is 8. The smallest absolute Gasteiger partial charge is 0.314 e. The van der Waals surface area contributed by atoms with Crippen LogP contribution in [0, 0.1) is 5.41 Å². The van der Waals surface area contributed by atoms with Gasteiger partial charge < -0.3 is 20.3 Å². The molecule has 7 heteroatoms. The molecule has 0 saturated heterocycles. The van der Waals surface area contributed by atoms with E-state index in [1.165, 1.54) is 0 Å². The van der Waals surface area contributed by atoms with Gasteiger partial charge in [-0.25, -0.2) is 9.78 Å². The van der Waals surface area contributed by atoms with E-state index >= 15 is 0 Å². The molecule has 0 aromatic carbocycles. The first-order valence-electron chi connectivity index (χ1n) is 7.29. The lowest BCUT2D eigenvalue weighted by Crippen LogP contribution is -2.46. The van der Waals surface area contributed by atoms with Crippen LogP contribution in [0.3, 0.4) is 0 Å². The van der Waals surface area contributed by atoms with E-state index in [4.69, 9.17) is 5.11 Å². The number of hydrogen-bond acceptors (Lipinski definition) is 3. The molecule has 2 amide bonds. The van der Waals surface area contributed by atoms with Crippen molar-refractivity contribution in [2.75, 3.05) is 13.1 Å². The lowest BCUT2D eigenvalue weighted by molar-refractivity contribution is -0.141. The van der Waals surface area contributed by atoms with Gasteiger partial charge in [0.25, 0.3) is 0 Å². The Kier molecular flexibility index (Phi) is 5.19. The van der Waals surface area contributed by atoms with Gasteiger partial charge in [-0.05, 0) is 24.7 Å². The van der Waals surface area contributed by atoms with Crippen molar-refractivity contribution >= 4 is 12.0 Å². The van der Waals surface area contributed by atoms with Gasteiger partial charge in [0.05, 0.1) is 12.7 Å². The normalized spacial score (nSPS) is 16.0. The van der Waals surface area contributed by atoms with Crippen LogP contribution in [0.15, 0.2) is 18.7 Å². The highest BCUT2D eigenvalue weighted by Crippen LogP contribution is 2.43. The predicted octanol–water partition coefficient (Wildman–Crippen LogP) is 1.22. The van der Waals surface area contributed by atoms with E-state index in [0.29, 0.717) is 13.1 Å². The van der Waals surface area contributed by atoms with Crippen LogP contribution in [0.4, 0.5) is 4.79 Å². The molecule has 1 aliphatic rings. The van der Waals surface area contributed by atoms with Crippen LogP contribution in [0.2, 0.25) is 0 Å². The maximum absolute atomic E-state index is 11.7. The summed E-state index contributed by atoms with van der Waals surface area (Å²) in [6.07, 6.45) is 9.10. The molecule has 2 rings (SSSR count). The molecule has 116 valence electrons. The second-order valence-electron chi connectivity index (χ2n) is 5.69. The zero-order valence-corrected chi connectivity index (χ0v) is 12.0. The standard InChI is InChI=1S/C14H22N4O3/c19-12(20)9-14(3-1-4-14)10-17-13(21)16-5-2-7-18-8-6-15-11-18/h6,8,11H,1-5,7,9-10H2,(H,19,20)(H2,16,17,21). The highest BCUT2D eigenvalue weighted by molar-refractivity contribution is 5.74. The Hall–Kier alpha value is -2.05. The maximum atomic E-state index is 11.7. The van der Waals surface area contributed by atoms with Crippen molar-refractivity contribution in [2.45, 2.75) is 38.6 Å². The Bertz CT molecular complexity index is 469. The molecule has 7 nitrogen and oxygen atoms in total. The monoisotopic (exact) mass is 294 g/mol. The van der Waals surface area contributed by atoms with Gasteiger partial charge in [-0.3, -0.25) is 4.79 Å². The number of aryl methyl sites for hydroxylation is 1. The molecule has 21 heavy (non-hydrogen) atoms. The average Bonchev–Trinajstić information content (AvgIpc) is 2.90. The van der Waals surface area contributed by atoms with Crippen LogP contribution in [-0.2, 0) is 11.3 Å². The summed E-state index contributed by atoms with van der Waals surface area (Å²) in [5.41, 5.74) is -0.236. The molecule has 0 aliphatic heterocycles. The fourth-order valence-corrected chi connectivity index (χ4v) is 2.63. The first kappa shape index (κ1) is 15.3. The lowest BCUT2D eigenvalue weighted by atomic mass is 9.66. The van der Waals surface area contributed by atoms with Crippen LogP contribution in [0.1, 0.15) is 32.1 Å². The number of carbonyl (C=O) groups is 2. The molecular weight excluding hydrogens is 272 g/mol. The summed E-state index contributed by atoms with van der Waals surface area (Å²) in [4.78, 5) is 26.5. The molecule has 0 spiro atoms. The number of amides is 2. The molecule has 0 unspecified atom stereocenters. The minimum absolute atomic E-state index is 0.133. The second-order valence-corrected chi connectivity index (χ2v) is 5.69. The molecule has 1 aliphatic carbocycles. The number of imidazole rings is 1. The Morgan fingerprint density at radius 1 is 1.33 bits per heavy atom. The van der Waals surface area contributed by atoms with Crippen LogP contribution >= 0.6 is 0 Å². The van der Waals surface area contributed by atoms with Crippen molar-refractivity contribution in [3.63, 3.8) is 0 Å². The molecule has 1 aromatic rings. The van der Waals surface area contributed by atoms with Gasteiger partial charge in [0.1, 0.15) is 0 Å². The number of hydrogen-bond donors (Lipinski definition) is 3. The topological polar surface area (TPSA) is 96.3 Å². The summed E-state index contributed by atoms with van der Waals surface area (Å²) in [6.45, 7) is 1.83. The summed E-state index contributed by atoms with van der Waals surface area (Å²) in [6, 6.07) is -0.225. The van der Waals surface area contributed by atoms with Crippen molar-refractivity contribution in [1.82, 2.24) is 20.2 Å². The van der Waals surface area contributed by atoms with Crippen molar-refractivity contribution in [3.05, 3.63) is 18.7 Å². The summed E-state index contributed by atoms with van der Waals surface area (Å²) in [5.74, 6) is -0.794. The van der Waals surface area contributed by atoms with E-state index in [1.807, 2.05) is 10.8 Å². The number of urea groups is 1. The van der Waals surface area contributed by atoms with E-state index in [-0.39, 0.29) is 17.9 Å². The van der Waals surface area contributed by atoms with Gasteiger partial charge in [0.15, 0.2) is 0 Å². The zero-order chi connectivity index (χ0) is 15.1. The average molecular weight is 294 g/mol. The first-order valence-corrected chi connectivity index (χ1v) is 7.29. The Morgan fingerprint density at radius 3 is 2.71 bits per heavy atom. The Balaban J connectivity index is 1.59. The highest BCUT2D eigenvalue weighted by atomic mass is 16.4. The molecule has 0 bridgehead atoms. The van der Waals surface area contributed by atoms with Gasteiger partial charge in [-0.15, -0.1) is 0 Å². The van der Waals surface area contributed by atoms with E-state index in [0.717, 1.165) is 32.2 Å². The summed E-state index contributed by atoms with van der Waals surface area (Å²) in [5, 5.41) is 14.5. The van der Waals surface area contributed by atoms with Crippen molar-refractivity contribution in [1.29, 1.82) is 0 Å². The molecule has 1 fully saturated rings. The van der Waals surface area contributed by atoms with Crippen LogP contribution < -0.4 is 10.6 Å². The summed E-state index contributed by atoms with van der Waals surface area (Å²) < 4.78 is 1.95. The van der Waals surface area contributed by atoms with E-state index in [9.17, 15) is 9.59 Å². The summed E-state index contributed by atoms with van der Waals surface area (Å²) >= 11 is 0. The molecule has 0 radical (unpaired) electrons. The number of carboxylic acid groups (broad SMARTS) is 1. The number of aliphatic carboxylic acids is 1. The number of nitrogens with one attached hydrogen (secondary N) is 2. The minimum Gasteiger partial charge on any atom is -0.481 e. The van der Waals surface area contributed by atoms with Gasteiger partial charge in [-0.1, -0.05) is 6.42 Å².